The number of likely N-dealkylation sites (tertiary alicyclic amines) is 1. The van der Waals surface area contributed by atoms with Crippen molar-refractivity contribution in [2.75, 3.05) is 25.9 Å². The maximum atomic E-state index is 12.1. The van der Waals surface area contributed by atoms with Crippen molar-refractivity contribution in [2.24, 2.45) is 0 Å². The lowest BCUT2D eigenvalue weighted by Crippen LogP contribution is -2.43. The van der Waals surface area contributed by atoms with E-state index < -0.39 is 0 Å². The maximum absolute atomic E-state index is 12.1. The van der Waals surface area contributed by atoms with E-state index in [0.717, 1.165) is 19.4 Å². The molecule has 0 saturated carbocycles. The molecule has 1 atom stereocenters. The van der Waals surface area contributed by atoms with Crippen LogP contribution in [0.25, 0.3) is 0 Å². The molecule has 0 radical (unpaired) electrons. The molecule has 0 spiro atoms. The molecule has 1 fully saturated rings. The maximum Gasteiger partial charge on any atom is 0.259 e. The molecule has 16 heavy (non-hydrogen) atoms. The van der Waals surface area contributed by atoms with Gasteiger partial charge in [0.15, 0.2) is 0 Å². The van der Waals surface area contributed by atoms with Crippen molar-refractivity contribution >= 4 is 11.7 Å². The minimum atomic E-state index is -0.0759. The Morgan fingerprint density at radius 2 is 2.56 bits per heavy atom. The molecule has 0 bridgehead atoms. The van der Waals surface area contributed by atoms with Crippen molar-refractivity contribution < 1.29 is 9.53 Å². The van der Waals surface area contributed by atoms with E-state index in [4.69, 9.17) is 10.5 Å². The van der Waals surface area contributed by atoms with Crippen LogP contribution in [0.2, 0.25) is 0 Å². The van der Waals surface area contributed by atoms with Crippen LogP contribution in [0.5, 0.6) is 0 Å². The van der Waals surface area contributed by atoms with E-state index in [1.807, 2.05) is 0 Å². The number of H-pyrrole nitrogens is 1. The highest BCUT2D eigenvalue weighted by Gasteiger charge is 2.25. The molecule has 1 aromatic heterocycles. The Bertz CT molecular complexity index is 377. The van der Waals surface area contributed by atoms with Crippen LogP contribution in [-0.4, -0.2) is 47.3 Å². The van der Waals surface area contributed by atoms with Crippen molar-refractivity contribution in [3.8, 4) is 0 Å². The monoisotopic (exact) mass is 224 g/mol. The SMILES string of the molecule is COC1CCCN(C(=O)c2cn[nH]c2N)C1. The summed E-state index contributed by atoms with van der Waals surface area (Å²) in [6.07, 6.45) is 3.56. The molecular formula is C10H16N4O2. The average Bonchev–Trinajstić information content (AvgIpc) is 2.74. The van der Waals surface area contributed by atoms with E-state index in [2.05, 4.69) is 10.2 Å². The van der Waals surface area contributed by atoms with E-state index in [1.165, 1.54) is 6.20 Å². The number of hydrogen-bond acceptors (Lipinski definition) is 4. The third-order valence-corrected chi connectivity index (χ3v) is 2.90. The molecule has 3 N–H and O–H groups in total. The smallest absolute Gasteiger partial charge is 0.259 e. The minimum Gasteiger partial charge on any atom is -0.383 e. The highest BCUT2D eigenvalue weighted by atomic mass is 16.5. The van der Waals surface area contributed by atoms with E-state index in [1.54, 1.807) is 12.0 Å². The molecule has 1 saturated heterocycles. The zero-order valence-corrected chi connectivity index (χ0v) is 9.27. The van der Waals surface area contributed by atoms with Gasteiger partial charge in [-0.25, -0.2) is 0 Å². The summed E-state index contributed by atoms with van der Waals surface area (Å²) in [6.45, 7) is 1.38. The van der Waals surface area contributed by atoms with Crippen LogP contribution in [0, 0.1) is 0 Å². The number of anilines is 1. The summed E-state index contributed by atoms with van der Waals surface area (Å²) in [7, 11) is 1.67. The summed E-state index contributed by atoms with van der Waals surface area (Å²) in [4.78, 5) is 13.8. The molecule has 1 amide bonds. The number of aromatic nitrogens is 2. The fraction of sp³-hybridized carbons (Fsp3) is 0.600. The normalized spacial score (nSPS) is 21.1. The number of nitrogens with two attached hydrogens (primary N) is 1. The summed E-state index contributed by atoms with van der Waals surface area (Å²) >= 11 is 0. The average molecular weight is 224 g/mol. The number of methoxy groups -OCH3 is 1. The molecule has 6 heteroatoms. The summed E-state index contributed by atoms with van der Waals surface area (Å²) in [5.41, 5.74) is 6.06. The molecule has 1 aromatic rings. The number of ether oxygens (including phenoxy) is 1. The van der Waals surface area contributed by atoms with Crippen LogP contribution in [0.3, 0.4) is 0 Å². The Hall–Kier alpha value is -1.56. The first-order chi connectivity index (χ1) is 7.72. The van der Waals surface area contributed by atoms with Crippen LogP contribution in [0.1, 0.15) is 23.2 Å². The number of nitrogens with one attached hydrogen (secondary N) is 1. The zero-order chi connectivity index (χ0) is 11.5. The van der Waals surface area contributed by atoms with Gasteiger partial charge in [0.1, 0.15) is 11.4 Å². The van der Waals surface area contributed by atoms with Crippen molar-refractivity contribution in [2.45, 2.75) is 18.9 Å². The number of nitrogens with zero attached hydrogens (tertiary/aromatic N) is 2. The van der Waals surface area contributed by atoms with Gasteiger partial charge in [-0.05, 0) is 12.8 Å². The van der Waals surface area contributed by atoms with Crippen LogP contribution in [0.15, 0.2) is 6.20 Å². The van der Waals surface area contributed by atoms with Gasteiger partial charge in [-0.3, -0.25) is 9.89 Å². The number of nitrogen functional groups attached to an aromatic ring is 1. The largest absolute Gasteiger partial charge is 0.383 e. The summed E-state index contributed by atoms with van der Waals surface area (Å²) in [5, 5.41) is 6.31. The lowest BCUT2D eigenvalue weighted by molar-refractivity contribution is 0.0269. The second-order valence-corrected chi connectivity index (χ2v) is 3.95. The molecule has 1 aliphatic heterocycles. The number of hydrogen-bond donors (Lipinski definition) is 2. The summed E-state index contributed by atoms with van der Waals surface area (Å²) in [6, 6.07) is 0. The summed E-state index contributed by atoms with van der Waals surface area (Å²) < 4.78 is 5.27. The minimum absolute atomic E-state index is 0.0759. The predicted octanol–water partition coefficient (Wildman–Crippen LogP) is 0.243. The number of amides is 1. The third kappa shape index (κ3) is 2.01. The van der Waals surface area contributed by atoms with Crippen molar-refractivity contribution in [1.82, 2.24) is 15.1 Å². The lowest BCUT2D eigenvalue weighted by atomic mass is 10.1. The van der Waals surface area contributed by atoms with Crippen LogP contribution >= 0.6 is 0 Å². The van der Waals surface area contributed by atoms with Crippen molar-refractivity contribution in [3.63, 3.8) is 0 Å². The van der Waals surface area contributed by atoms with Crippen LogP contribution in [-0.2, 0) is 4.74 Å². The molecule has 2 rings (SSSR count). The Morgan fingerprint density at radius 3 is 3.19 bits per heavy atom. The highest BCUT2D eigenvalue weighted by molar-refractivity contribution is 5.98. The van der Waals surface area contributed by atoms with Gasteiger partial charge in [0, 0.05) is 20.2 Å². The fourth-order valence-electron chi connectivity index (χ4n) is 1.95. The third-order valence-electron chi connectivity index (χ3n) is 2.90. The van der Waals surface area contributed by atoms with Crippen molar-refractivity contribution in [1.29, 1.82) is 0 Å². The van der Waals surface area contributed by atoms with Gasteiger partial charge in [-0.15, -0.1) is 0 Å². The topological polar surface area (TPSA) is 84.2 Å². The van der Waals surface area contributed by atoms with Crippen LogP contribution in [0.4, 0.5) is 5.82 Å². The Morgan fingerprint density at radius 1 is 1.75 bits per heavy atom. The number of aromatic amines is 1. The van der Waals surface area contributed by atoms with Gasteiger partial charge in [0.25, 0.3) is 5.91 Å². The van der Waals surface area contributed by atoms with Gasteiger partial charge < -0.3 is 15.4 Å². The zero-order valence-electron chi connectivity index (χ0n) is 9.27. The van der Waals surface area contributed by atoms with Gasteiger partial charge in [-0.1, -0.05) is 0 Å². The molecule has 0 aromatic carbocycles. The quantitative estimate of drug-likeness (QED) is 0.753. The number of piperidine rings is 1. The number of carbonyl (C=O) groups is 1. The molecule has 6 nitrogen and oxygen atoms in total. The first kappa shape index (κ1) is 10.9. The lowest BCUT2D eigenvalue weighted by Gasteiger charge is -2.31. The van der Waals surface area contributed by atoms with Gasteiger partial charge in [0.05, 0.1) is 12.3 Å². The number of carbonyl (C=O) groups excluding carboxylic acids is 1. The molecule has 1 unspecified atom stereocenters. The van der Waals surface area contributed by atoms with Gasteiger partial charge >= 0.3 is 0 Å². The molecular weight excluding hydrogens is 208 g/mol. The van der Waals surface area contributed by atoms with E-state index in [9.17, 15) is 4.79 Å². The summed E-state index contributed by atoms with van der Waals surface area (Å²) in [5.74, 6) is 0.248. The Kier molecular flexibility index (Phi) is 3.09. The fourth-order valence-corrected chi connectivity index (χ4v) is 1.95. The molecule has 2 heterocycles. The van der Waals surface area contributed by atoms with Gasteiger partial charge in [0.2, 0.25) is 0 Å². The first-order valence-corrected chi connectivity index (χ1v) is 5.33. The second kappa shape index (κ2) is 4.52. The van der Waals surface area contributed by atoms with Crippen LogP contribution < -0.4 is 5.73 Å². The Balaban J connectivity index is 2.07. The second-order valence-electron chi connectivity index (χ2n) is 3.95. The van der Waals surface area contributed by atoms with Crippen molar-refractivity contribution in [3.05, 3.63) is 11.8 Å². The molecule has 1 aliphatic rings. The molecule has 0 aliphatic carbocycles. The highest BCUT2D eigenvalue weighted by Crippen LogP contribution is 2.17. The Labute approximate surface area is 93.8 Å². The van der Waals surface area contributed by atoms with E-state index in [-0.39, 0.29) is 12.0 Å². The van der Waals surface area contributed by atoms with Gasteiger partial charge in [-0.2, -0.15) is 5.10 Å². The van der Waals surface area contributed by atoms with E-state index >= 15 is 0 Å². The van der Waals surface area contributed by atoms with E-state index in [0.29, 0.717) is 17.9 Å². The molecule has 88 valence electrons. The predicted molar refractivity (Wildman–Crippen MR) is 58.9 cm³/mol. The first-order valence-electron chi connectivity index (χ1n) is 5.33. The standard InChI is InChI=1S/C10H16N4O2/c1-16-7-3-2-4-14(6-7)10(15)8-5-12-13-9(8)11/h5,7H,2-4,6H2,1H3,(H3,11,12,13). The number of rotatable bonds is 2.